The Bertz CT molecular complexity index is 521. The summed E-state index contributed by atoms with van der Waals surface area (Å²) in [7, 11) is 0. The number of rotatable bonds is 1. The Labute approximate surface area is 122 Å². The quantitative estimate of drug-likeness (QED) is 0.607. The number of fused-ring (bicyclic) bond motifs is 1. The summed E-state index contributed by atoms with van der Waals surface area (Å²) >= 11 is 1.47. The zero-order valence-electron chi connectivity index (χ0n) is 9.11. The third kappa shape index (κ3) is 2.70. The third-order valence-corrected chi connectivity index (χ3v) is 3.44. The van der Waals surface area contributed by atoms with Crippen molar-refractivity contribution >= 4 is 37.8 Å². The molecule has 0 heterocycles. The van der Waals surface area contributed by atoms with Gasteiger partial charge >= 0.3 is 29.6 Å². The number of hydrogen-bond donors (Lipinski definition) is 1. The first kappa shape index (κ1) is 13.4. The summed E-state index contributed by atoms with van der Waals surface area (Å²) in [4.78, 5) is 0.448. The van der Waals surface area contributed by atoms with E-state index in [2.05, 4.69) is 15.9 Å². The Balaban J connectivity index is 0.00000112. The monoisotopic (exact) mass is 294 g/mol. The SMILES string of the molecule is O=S(O)c1cccc2c(Br)cccc12.[H-].[Na+]. The van der Waals surface area contributed by atoms with Crippen molar-refractivity contribution in [1.82, 2.24) is 0 Å². The van der Waals surface area contributed by atoms with Crippen molar-refractivity contribution in [3.8, 4) is 0 Å². The van der Waals surface area contributed by atoms with Crippen molar-refractivity contribution in [2.75, 3.05) is 0 Å². The topological polar surface area (TPSA) is 37.3 Å². The van der Waals surface area contributed by atoms with E-state index >= 15 is 0 Å². The summed E-state index contributed by atoms with van der Waals surface area (Å²) in [6.07, 6.45) is 0. The minimum Gasteiger partial charge on any atom is -1.00 e. The van der Waals surface area contributed by atoms with Gasteiger partial charge in [0.05, 0.1) is 4.90 Å². The standard InChI is InChI=1S/C10H7BrO2S.Na.H/c11-9-5-1-4-8-7(9)3-2-6-10(8)14(12)13;;/h1-6H,(H,12,13);;/q;+1;-1. The van der Waals surface area contributed by atoms with E-state index in [0.717, 1.165) is 15.2 Å². The molecule has 0 radical (unpaired) electrons. The average molecular weight is 295 g/mol. The fraction of sp³-hybridized carbons (Fsp3) is 0. The molecule has 0 bridgehead atoms. The Morgan fingerprint density at radius 3 is 2.40 bits per heavy atom. The van der Waals surface area contributed by atoms with E-state index in [1.54, 1.807) is 12.1 Å². The van der Waals surface area contributed by atoms with Crippen LogP contribution in [-0.4, -0.2) is 8.76 Å². The van der Waals surface area contributed by atoms with Gasteiger partial charge in [-0.3, -0.25) is 0 Å². The van der Waals surface area contributed by atoms with Crippen LogP contribution >= 0.6 is 15.9 Å². The van der Waals surface area contributed by atoms with Gasteiger partial charge in [0.1, 0.15) is 0 Å². The van der Waals surface area contributed by atoms with Gasteiger partial charge in [-0.1, -0.05) is 40.2 Å². The molecule has 0 aliphatic rings. The van der Waals surface area contributed by atoms with Gasteiger partial charge in [-0.15, -0.1) is 0 Å². The van der Waals surface area contributed by atoms with E-state index in [9.17, 15) is 4.21 Å². The van der Waals surface area contributed by atoms with Crippen molar-refractivity contribution in [2.45, 2.75) is 4.90 Å². The minimum absolute atomic E-state index is 0. The summed E-state index contributed by atoms with van der Waals surface area (Å²) in [6.45, 7) is 0. The number of halogens is 1. The van der Waals surface area contributed by atoms with Gasteiger partial charge in [-0.05, 0) is 17.5 Å². The molecule has 74 valence electrons. The minimum atomic E-state index is -1.93. The van der Waals surface area contributed by atoms with Gasteiger partial charge < -0.3 is 5.98 Å². The van der Waals surface area contributed by atoms with Crippen LogP contribution in [0.5, 0.6) is 0 Å². The molecular weight excluding hydrogens is 287 g/mol. The van der Waals surface area contributed by atoms with E-state index in [1.807, 2.05) is 24.3 Å². The molecule has 0 aliphatic heterocycles. The molecule has 0 spiro atoms. The summed E-state index contributed by atoms with van der Waals surface area (Å²) in [5.41, 5.74) is 0. The molecule has 1 unspecified atom stereocenters. The molecule has 2 aromatic carbocycles. The molecule has 5 heteroatoms. The van der Waals surface area contributed by atoms with Crippen LogP contribution in [0.4, 0.5) is 0 Å². The van der Waals surface area contributed by atoms with Crippen LogP contribution in [-0.2, 0) is 11.1 Å². The van der Waals surface area contributed by atoms with Gasteiger partial charge in [0.15, 0.2) is 11.1 Å². The maximum absolute atomic E-state index is 11.0. The van der Waals surface area contributed by atoms with Gasteiger partial charge in [-0.2, -0.15) is 0 Å². The second-order valence-electron chi connectivity index (χ2n) is 2.84. The Morgan fingerprint density at radius 2 is 1.73 bits per heavy atom. The van der Waals surface area contributed by atoms with Gasteiger partial charge in [0.2, 0.25) is 0 Å². The molecule has 0 saturated heterocycles. The van der Waals surface area contributed by atoms with Crippen molar-refractivity contribution in [3.63, 3.8) is 0 Å². The van der Waals surface area contributed by atoms with Crippen LogP contribution < -0.4 is 29.6 Å². The van der Waals surface area contributed by atoms with Crippen molar-refractivity contribution in [2.24, 2.45) is 0 Å². The average Bonchev–Trinajstić information content (AvgIpc) is 2.17. The van der Waals surface area contributed by atoms with Gasteiger partial charge in [0.25, 0.3) is 0 Å². The second kappa shape index (κ2) is 5.57. The second-order valence-corrected chi connectivity index (χ2v) is 4.63. The fourth-order valence-corrected chi connectivity index (χ4v) is 2.45. The Morgan fingerprint density at radius 1 is 1.13 bits per heavy atom. The molecule has 0 aromatic heterocycles. The normalized spacial score (nSPS) is 12.1. The van der Waals surface area contributed by atoms with E-state index < -0.39 is 11.1 Å². The maximum Gasteiger partial charge on any atom is 1.00 e. The molecule has 0 saturated carbocycles. The van der Waals surface area contributed by atoms with Crippen LogP contribution in [0.25, 0.3) is 10.8 Å². The predicted octanol–water partition coefficient (Wildman–Crippen LogP) is 0.299. The first-order valence-electron chi connectivity index (χ1n) is 3.98. The van der Waals surface area contributed by atoms with E-state index in [1.165, 1.54) is 0 Å². The van der Waals surface area contributed by atoms with Crippen molar-refractivity contribution in [3.05, 3.63) is 40.9 Å². The summed E-state index contributed by atoms with van der Waals surface area (Å²) in [5, 5.41) is 1.76. The zero-order chi connectivity index (χ0) is 10.1. The van der Waals surface area contributed by atoms with Crippen LogP contribution in [0.1, 0.15) is 1.43 Å². The Hall–Kier alpha value is 0.290. The summed E-state index contributed by atoms with van der Waals surface area (Å²) in [6, 6.07) is 10.9. The predicted molar refractivity (Wildman–Crippen MR) is 61.8 cm³/mol. The molecular formula is C10H8BrNaO2S. The van der Waals surface area contributed by atoms with Crippen LogP contribution in [0, 0.1) is 0 Å². The van der Waals surface area contributed by atoms with E-state index in [4.69, 9.17) is 4.55 Å². The van der Waals surface area contributed by atoms with E-state index in [-0.39, 0.29) is 31.0 Å². The molecule has 1 atom stereocenters. The molecule has 15 heavy (non-hydrogen) atoms. The smallest absolute Gasteiger partial charge is 1.00 e. The molecule has 1 N–H and O–H groups in total. The molecule has 2 rings (SSSR count). The first-order valence-corrected chi connectivity index (χ1v) is 5.88. The molecule has 0 fully saturated rings. The number of hydrogen-bond acceptors (Lipinski definition) is 1. The maximum atomic E-state index is 11.0. The molecule has 0 amide bonds. The molecule has 2 nitrogen and oxygen atoms in total. The van der Waals surface area contributed by atoms with Crippen LogP contribution in [0.2, 0.25) is 0 Å². The number of benzene rings is 2. The fourth-order valence-electron chi connectivity index (χ4n) is 1.40. The van der Waals surface area contributed by atoms with Crippen LogP contribution in [0.15, 0.2) is 45.8 Å². The van der Waals surface area contributed by atoms with Gasteiger partial charge in [-0.25, -0.2) is 4.21 Å². The van der Waals surface area contributed by atoms with E-state index in [0.29, 0.717) is 4.90 Å². The van der Waals surface area contributed by atoms with Gasteiger partial charge in [0, 0.05) is 9.86 Å². The Kier molecular flexibility index (Phi) is 4.96. The van der Waals surface area contributed by atoms with Crippen molar-refractivity contribution in [1.29, 1.82) is 0 Å². The zero-order valence-corrected chi connectivity index (χ0v) is 12.5. The first-order chi connectivity index (χ1) is 6.70. The molecule has 2 aromatic rings. The third-order valence-electron chi connectivity index (χ3n) is 2.02. The summed E-state index contributed by atoms with van der Waals surface area (Å²) in [5.74, 6) is 0. The van der Waals surface area contributed by atoms with Crippen molar-refractivity contribution < 1.29 is 39.7 Å². The van der Waals surface area contributed by atoms with Crippen LogP contribution in [0.3, 0.4) is 0 Å². The molecule has 0 aliphatic carbocycles. The summed E-state index contributed by atoms with van der Waals surface area (Å²) < 4.78 is 21.0. The largest absolute Gasteiger partial charge is 1.00 e.